The number of rotatable bonds is 1. The summed E-state index contributed by atoms with van der Waals surface area (Å²) in [5, 5.41) is 14.5. The molecule has 1 aliphatic carbocycles. The molecule has 0 N–H and O–H groups in total. The maximum absolute atomic E-state index is 4.77. The molecule has 0 bridgehead atoms. The van der Waals surface area contributed by atoms with Gasteiger partial charge in [0.05, 0.1) is 11.0 Å². The van der Waals surface area contributed by atoms with Crippen molar-refractivity contribution in [2.45, 2.75) is 30.2 Å². The molecular formula is C13H12N4S. The molecule has 0 amide bonds. The van der Waals surface area contributed by atoms with Crippen LogP contribution in [0.25, 0.3) is 0 Å². The highest BCUT2D eigenvalue weighted by Crippen LogP contribution is 2.37. The summed E-state index contributed by atoms with van der Waals surface area (Å²) >= 11 is 1.78. The van der Waals surface area contributed by atoms with E-state index >= 15 is 0 Å². The predicted molar refractivity (Wildman–Crippen MR) is 71.1 cm³/mol. The lowest BCUT2D eigenvalue weighted by molar-refractivity contribution is 0.708. The molecule has 2 heterocycles. The third-order valence-electron chi connectivity index (χ3n) is 3.45. The van der Waals surface area contributed by atoms with Crippen LogP contribution in [0.5, 0.6) is 0 Å². The SMILES string of the molecule is CCc1nnc2n1N=C1c3ccccc3CC1S2. The van der Waals surface area contributed by atoms with Gasteiger partial charge in [-0.05, 0) is 12.0 Å². The van der Waals surface area contributed by atoms with E-state index in [4.69, 9.17) is 5.10 Å². The first-order valence-electron chi connectivity index (χ1n) is 6.15. The maximum Gasteiger partial charge on any atom is 0.212 e. The van der Waals surface area contributed by atoms with Gasteiger partial charge in [-0.3, -0.25) is 0 Å². The Hall–Kier alpha value is -1.62. The minimum Gasteiger partial charge on any atom is -0.191 e. The second-order valence-electron chi connectivity index (χ2n) is 4.52. The summed E-state index contributed by atoms with van der Waals surface area (Å²) in [5.74, 6) is 0.938. The van der Waals surface area contributed by atoms with E-state index in [0.29, 0.717) is 5.25 Å². The summed E-state index contributed by atoms with van der Waals surface area (Å²) in [6.45, 7) is 2.08. The third-order valence-corrected chi connectivity index (χ3v) is 4.59. The molecule has 4 rings (SSSR count). The summed E-state index contributed by atoms with van der Waals surface area (Å²) in [7, 11) is 0. The Morgan fingerprint density at radius 3 is 3.11 bits per heavy atom. The Bertz CT molecular complexity index is 659. The van der Waals surface area contributed by atoms with E-state index in [1.807, 2.05) is 4.68 Å². The summed E-state index contributed by atoms with van der Waals surface area (Å²) in [5.41, 5.74) is 3.86. The molecule has 1 aliphatic heterocycles. The standard InChI is InChI=1S/C13H12N4S/c1-2-11-14-15-13-17(11)16-12-9-6-4-3-5-8(9)7-10(12)18-13/h3-6,10H,2,7H2,1H3. The van der Waals surface area contributed by atoms with E-state index in [1.54, 1.807) is 11.8 Å². The van der Waals surface area contributed by atoms with E-state index in [1.165, 1.54) is 16.8 Å². The van der Waals surface area contributed by atoms with Crippen molar-refractivity contribution in [2.24, 2.45) is 5.10 Å². The second kappa shape index (κ2) is 3.68. The maximum atomic E-state index is 4.77. The number of fused-ring (bicyclic) bond motifs is 4. The van der Waals surface area contributed by atoms with Crippen LogP contribution < -0.4 is 0 Å². The Balaban J connectivity index is 1.89. The van der Waals surface area contributed by atoms with Gasteiger partial charge >= 0.3 is 0 Å². The minimum atomic E-state index is 0.406. The van der Waals surface area contributed by atoms with Crippen LogP contribution in [0.2, 0.25) is 0 Å². The van der Waals surface area contributed by atoms with Crippen molar-refractivity contribution in [2.75, 3.05) is 0 Å². The average Bonchev–Trinajstić information content (AvgIpc) is 2.96. The summed E-state index contributed by atoms with van der Waals surface area (Å²) in [4.78, 5) is 0. The second-order valence-corrected chi connectivity index (χ2v) is 5.69. The van der Waals surface area contributed by atoms with Gasteiger partial charge in [0.1, 0.15) is 0 Å². The molecule has 90 valence electrons. The summed E-state index contributed by atoms with van der Waals surface area (Å²) in [6.07, 6.45) is 1.91. The zero-order valence-corrected chi connectivity index (χ0v) is 10.8. The van der Waals surface area contributed by atoms with Gasteiger partial charge in [-0.2, -0.15) is 9.78 Å². The normalized spacial score (nSPS) is 20.1. The molecule has 0 saturated carbocycles. The zero-order chi connectivity index (χ0) is 12.1. The number of thioether (sulfide) groups is 1. The Labute approximate surface area is 109 Å². The predicted octanol–water partition coefficient (Wildman–Crippen LogP) is 2.12. The third kappa shape index (κ3) is 1.31. The Morgan fingerprint density at radius 2 is 2.22 bits per heavy atom. The van der Waals surface area contributed by atoms with E-state index in [0.717, 1.165) is 23.8 Å². The Kier molecular flexibility index (Phi) is 2.11. The molecule has 4 nitrogen and oxygen atoms in total. The topological polar surface area (TPSA) is 43.1 Å². The van der Waals surface area contributed by atoms with Crippen molar-refractivity contribution in [3.63, 3.8) is 0 Å². The number of aryl methyl sites for hydroxylation is 1. The van der Waals surface area contributed by atoms with Crippen molar-refractivity contribution >= 4 is 17.5 Å². The van der Waals surface area contributed by atoms with Crippen LogP contribution in [0.4, 0.5) is 0 Å². The van der Waals surface area contributed by atoms with E-state index in [-0.39, 0.29) is 0 Å². The quantitative estimate of drug-likeness (QED) is 0.785. The molecule has 2 aliphatic rings. The number of hydrogen-bond acceptors (Lipinski definition) is 4. The number of benzene rings is 1. The van der Waals surface area contributed by atoms with Crippen LogP contribution in [0.15, 0.2) is 34.5 Å². The first kappa shape index (κ1) is 10.3. The first-order chi connectivity index (χ1) is 8.86. The van der Waals surface area contributed by atoms with Gasteiger partial charge in [-0.25, -0.2) is 0 Å². The van der Waals surface area contributed by atoms with Crippen molar-refractivity contribution in [3.05, 3.63) is 41.2 Å². The number of nitrogens with zero attached hydrogens (tertiary/aromatic N) is 4. The fraction of sp³-hybridized carbons (Fsp3) is 0.308. The van der Waals surface area contributed by atoms with Crippen LogP contribution in [-0.4, -0.2) is 25.8 Å². The van der Waals surface area contributed by atoms with Gasteiger partial charge in [0.25, 0.3) is 0 Å². The molecule has 0 radical (unpaired) electrons. The van der Waals surface area contributed by atoms with Crippen LogP contribution in [0.3, 0.4) is 0 Å². The highest BCUT2D eigenvalue weighted by molar-refractivity contribution is 8.00. The highest BCUT2D eigenvalue weighted by Gasteiger charge is 2.34. The van der Waals surface area contributed by atoms with Gasteiger partial charge in [0.15, 0.2) is 5.82 Å². The molecule has 2 aromatic rings. The highest BCUT2D eigenvalue weighted by atomic mass is 32.2. The minimum absolute atomic E-state index is 0.406. The van der Waals surface area contributed by atoms with Gasteiger partial charge in [-0.15, -0.1) is 10.2 Å². The first-order valence-corrected chi connectivity index (χ1v) is 7.03. The van der Waals surface area contributed by atoms with E-state index < -0.39 is 0 Å². The monoisotopic (exact) mass is 256 g/mol. The van der Waals surface area contributed by atoms with Gasteiger partial charge in [0, 0.05) is 12.0 Å². The van der Waals surface area contributed by atoms with E-state index in [2.05, 4.69) is 41.4 Å². The molecule has 0 spiro atoms. The molecule has 1 aromatic carbocycles. The molecule has 1 atom stereocenters. The van der Waals surface area contributed by atoms with Gasteiger partial charge in [0.2, 0.25) is 5.16 Å². The zero-order valence-electron chi connectivity index (χ0n) is 10.00. The molecule has 1 aromatic heterocycles. The fourth-order valence-electron chi connectivity index (χ4n) is 2.56. The summed E-state index contributed by atoms with van der Waals surface area (Å²) in [6, 6.07) is 8.53. The van der Waals surface area contributed by atoms with Gasteiger partial charge < -0.3 is 0 Å². The average molecular weight is 256 g/mol. The van der Waals surface area contributed by atoms with Crippen molar-refractivity contribution in [3.8, 4) is 0 Å². The lowest BCUT2D eigenvalue weighted by atomic mass is 10.1. The van der Waals surface area contributed by atoms with Crippen molar-refractivity contribution in [1.82, 2.24) is 14.9 Å². The van der Waals surface area contributed by atoms with Crippen LogP contribution in [-0.2, 0) is 12.8 Å². The van der Waals surface area contributed by atoms with Gasteiger partial charge in [-0.1, -0.05) is 43.0 Å². The molecule has 18 heavy (non-hydrogen) atoms. The molecule has 1 unspecified atom stereocenters. The smallest absolute Gasteiger partial charge is 0.191 e. The van der Waals surface area contributed by atoms with Crippen LogP contribution in [0.1, 0.15) is 23.9 Å². The number of aromatic nitrogens is 3. The lowest BCUT2D eigenvalue weighted by Crippen LogP contribution is -2.20. The largest absolute Gasteiger partial charge is 0.212 e. The Morgan fingerprint density at radius 1 is 1.33 bits per heavy atom. The molecule has 0 saturated heterocycles. The van der Waals surface area contributed by atoms with E-state index in [9.17, 15) is 0 Å². The number of hydrogen-bond donors (Lipinski definition) is 0. The van der Waals surface area contributed by atoms with Crippen molar-refractivity contribution < 1.29 is 0 Å². The van der Waals surface area contributed by atoms with Crippen LogP contribution >= 0.6 is 11.8 Å². The summed E-state index contributed by atoms with van der Waals surface area (Å²) < 4.78 is 1.90. The van der Waals surface area contributed by atoms with Crippen molar-refractivity contribution in [1.29, 1.82) is 0 Å². The molecule has 0 fully saturated rings. The molecule has 5 heteroatoms. The fourth-order valence-corrected chi connectivity index (χ4v) is 3.70. The molecular weight excluding hydrogens is 244 g/mol. The van der Waals surface area contributed by atoms with Crippen LogP contribution in [0, 0.1) is 0 Å². The lowest BCUT2D eigenvalue weighted by Gasteiger charge is -2.16.